The van der Waals surface area contributed by atoms with Crippen molar-refractivity contribution < 1.29 is 14.6 Å². The molecule has 6 heteroatoms. The monoisotopic (exact) mass is 280 g/mol. The van der Waals surface area contributed by atoms with Crippen LogP contribution in [0.2, 0.25) is 0 Å². The number of nitrogens with zero attached hydrogens (tertiary/aromatic N) is 1. The maximum absolute atomic E-state index is 10.8. The highest BCUT2D eigenvalue weighted by Crippen LogP contribution is 2.31. The Morgan fingerprint density at radius 3 is 2.79 bits per heavy atom. The number of aromatic amines is 1. The van der Waals surface area contributed by atoms with Crippen LogP contribution < -0.4 is 0 Å². The topological polar surface area (TPSA) is 75.2 Å². The van der Waals surface area contributed by atoms with Gasteiger partial charge in [0.1, 0.15) is 16.8 Å². The highest BCUT2D eigenvalue weighted by atomic mass is 32.1. The number of methoxy groups -OCH3 is 1. The molecule has 2 heterocycles. The first kappa shape index (κ1) is 13.8. The molecule has 102 valence electrons. The van der Waals surface area contributed by atoms with Crippen LogP contribution in [0.15, 0.2) is 17.6 Å². The van der Waals surface area contributed by atoms with Crippen LogP contribution >= 0.6 is 11.3 Å². The first-order chi connectivity index (χ1) is 9.02. The van der Waals surface area contributed by atoms with Crippen LogP contribution in [0, 0.1) is 5.92 Å². The lowest BCUT2D eigenvalue weighted by molar-refractivity contribution is 0.0645. The molecule has 0 bridgehead atoms. The van der Waals surface area contributed by atoms with Crippen LogP contribution in [0.5, 0.6) is 0 Å². The van der Waals surface area contributed by atoms with Crippen molar-refractivity contribution in [3.8, 4) is 11.3 Å². The summed E-state index contributed by atoms with van der Waals surface area (Å²) in [4.78, 5) is 18.1. The molecule has 0 fully saturated rings. The van der Waals surface area contributed by atoms with E-state index in [0.717, 1.165) is 16.3 Å². The van der Waals surface area contributed by atoms with Gasteiger partial charge in [-0.1, -0.05) is 13.8 Å². The third kappa shape index (κ3) is 2.85. The van der Waals surface area contributed by atoms with Gasteiger partial charge in [0.05, 0.1) is 5.69 Å². The summed E-state index contributed by atoms with van der Waals surface area (Å²) in [6.45, 7) is 4.15. The summed E-state index contributed by atoms with van der Waals surface area (Å²) in [6, 6.07) is 1.58. The smallest absolute Gasteiger partial charge is 0.352 e. The molecule has 2 aromatic heterocycles. The summed E-state index contributed by atoms with van der Waals surface area (Å²) in [5.74, 6) is -0.636. The molecule has 0 aliphatic carbocycles. The number of H-pyrrole nitrogens is 1. The van der Waals surface area contributed by atoms with E-state index in [4.69, 9.17) is 9.84 Å². The van der Waals surface area contributed by atoms with Gasteiger partial charge in [-0.3, -0.25) is 0 Å². The van der Waals surface area contributed by atoms with Crippen molar-refractivity contribution >= 4 is 17.3 Å². The molecule has 0 spiro atoms. The minimum atomic E-state index is -0.973. The first-order valence-corrected chi connectivity index (χ1v) is 6.81. The van der Waals surface area contributed by atoms with Crippen LogP contribution in [0.3, 0.4) is 0 Å². The van der Waals surface area contributed by atoms with Gasteiger partial charge in [0.25, 0.3) is 0 Å². The summed E-state index contributed by atoms with van der Waals surface area (Å²) in [5.41, 5.74) is 1.71. The Morgan fingerprint density at radius 1 is 1.53 bits per heavy atom. The zero-order valence-electron chi connectivity index (χ0n) is 11.0. The van der Waals surface area contributed by atoms with Gasteiger partial charge < -0.3 is 14.8 Å². The van der Waals surface area contributed by atoms with Crippen LogP contribution in [0.4, 0.5) is 0 Å². The fourth-order valence-corrected chi connectivity index (χ4v) is 2.95. The molecular weight excluding hydrogens is 264 g/mol. The molecule has 0 aromatic carbocycles. The van der Waals surface area contributed by atoms with Crippen molar-refractivity contribution in [2.24, 2.45) is 5.92 Å². The van der Waals surface area contributed by atoms with Crippen molar-refractivity contribution in [1.82, 2.24) is 9.97 Å². The molecule has 0 amide bonds. The maximum Gasteiger partial charge on any atom is 0.352 e. The van der Waals surface area contributed by atoms with Gasteiger partial charge >= 0.3 is 5.97 Å². The number of carboxylic acids is 1. The van der Waals surface area contributed by atoms with Crippen LogP contribution in [0.25, 0.3) is 11.3 Å². The van der Waals surface area contributed by atoms with E-state index in [-0.39, 0.29) is 11.8 Å². The number of carbonyl (C=O) groups is 1. The quantitative estimate of drug-likeness (QED) is 0.882. The average Bonchev–Trinajstić information content (AvgIpc) is 2.96. The van der Waals surface area contributed by atoms with E-state index in [1.165, 1.54) is 11.3 Å². The van der Waals surface area contributed by atoms with Crippen molar-refractivity contribution in [2.45, 2.75) is 20.0 Å². The Labute approximate surface area is 115 Å². The van der Waals surface area contributed by atoms with Crippen molar-refractivity contribution in [3.05, 3.63) is 28.3 Å². The van der Waals surface area contributed by atoms with E-state index in [9.17, 15) is 4.79 Å². The predicted molar refractivity (Wildman–Crippen MR) is 73.4 cm³/mol. The third-order valence-electron chi connectivity index (χ3n) is 2.83. The SMILES string of the molecule is COC(c1nc(-c2c[nH]c(C(=O)O)c2)cs1)C(C)C. The second-order valence-corrected chi connectivity index (χ2v) is 5.47. The normalized spacial score (nSPS) is 12.8. The van der Waals surface area contributed by atoms with Crippen molar-refractivity contribution in [2.75, 3.05) is 7.11 Å². The Balaban J connectivity index is 2.27. The van der Waals surface area contributed by atoms with Gasteiger partial charge in [-0.2, -0.15) is 0 Å². The standard InChI is InChI=1S/C13H16N2O3S/c1-7(2)11(18-3)12-15-10(6-19-12)8-4-9(13(16)17)14-5-8/h4-7,11,14H,1-3H3,(H,16,17). The molecule has 0 saturated heterocycles. The number of ether oxygens (including phenoxy) is 1. The number of hydrogen-bond acceptors (Lipinski definition) is 4. The lowest BCUT2D eigenvalue weighted by Gasteiger charge is -2.15. The molecule has 0 aliphatic rings. The highest BCUT2D eigenvalue weighted by Gasteiger charge is 2.19. The Morgan fingerprint density at radius 2 is 2.26 bits per heavy atom. The fourth-order valence-electron chi connectivity index (χ4n) is 1.87. The van der Waals surface area contributed by atoms with Gasteiger partial charge in [-0.25, -0.2) is 9.78 Å². The van der Waals surface area contributed by atoms with E-state index in [1.807, 2.05) is 5.38 Å². The molecule has 0 aliphatic heterocycles. The van der Waals surface area contributed by atoms with E-state index >= 15 is 0 Å². The molecule has 5 nitrogen and oxygen atoms in total. The Bertz CT molecular complexity index is 574. The van der Waals surface area contributed by atoms with E-state index in [0.29, 0.717) is 5.92 Å². The predicted octanol–water partition coefficient (Wildman–Crippen LogP) is 3.18. The second-order valence-electron chi connectivity index (χ2n) is 4.58. The zero-order chi connectivity index (χ0) is 14.0. The lowest BCUT2D eigenvalue weighted by Crippen LogP contribution is -2.08. The molecule has 1 atom stereocenters. The summed E-state index contributed by atoms with van der Waals surface area (Å²) >= 11 is 1.53. The van der Waals surface area contributed by atoms with Crippen molar-refractivity contribution in [1.29, 1.82) is 0 Å². The highest BCUT2D eigenvalue weighted by molar-refractivity contribution is 7.10. The molecule has 2 rings (SSSR count). The average molecular weight is 280 g/mol. The number of rotatable bonds is 5. The minimum Gasteiger partial charge on any atom is -0.477 e. The zero-order valence-corrected chi connectivity index (χ0v) is 11.8. The summed E-state index contributed by atoms with van der Waals surface area (Å²) in [5, 5.41) is 11.7. The molecule has 0 radical (unpaired) electrons. The molecule has 1 unspecified atom stereocenters. The number of aromatic carboxylic acids is 1. The Kier molecular flexibility index (Phi) is 4.01. The number of nitrogens with one attached hydrogen (secondary N) is 1. The van der Waals surface area contributed by atoms with Crippen molar-refractivity contribution in [3.63, 3.8) is 0 Å². The fraction of sp³-hybridized carbons (Fsp3) is 0.385. The number of thiazole rings is 1. The molecular formula is C13H16N2O3S. The lowest BCUT2D eigenvalue weighted by atomic mass is 10.1. The Hall–Kier alpha value is -1.66. The van der Waals surface area contributed by atoms with Gasteiger partial charge in [-0.15, -0.1) is 11.3 Å². The first-order valence-electron chi connectivity index (χ1n) is 5.93. The molecule has 19 heavy (non-hydrogen) atoms. The molecule has 2 aromatic rings. The van der Waals surface area contributed by atoms with E-state index < -0.39 is 5.97 Å². The van der Waals surface area contributed by atoms with Gasteiger partial charge in [0.2, 0.25) is 0 Å². The number of aromatic nitrogens is 2. The summed E-state index contributed by atoms with van der Waals surface area (Å²) < 4.78 is 5.44. The van der Waals surface area contributed by atoms with E-state index in [1.54, 1.807) is 19.4 Å². The van der Waals surface area contributed by atoms with E-state index in [2.05, 4.69) is 23.8 Å². The van der Waals surface area contributed by atoms with Gasteiger partial charge in [0, 0.05) is 24.3 Å². The minimum absolute atomic E-state index is 0.0309. The number of carboxylic acid groups (broad SMARTS) is 1. The maximum atomic E-state index is 10.8. The second kappa shape index (κ2) is 5.54. The van der Waals surface area contributed by atoms with Crippen LogP contribution in [0.1, 0.15) is 35.4 Å². The van der Waals surface area contributed by atoms with Gasteiger partial charge in [0.15, 0.2) is 0 Å². The summed E-state index contributed by atoms with van der Waals surface area (Å²) in [7, 11) is 1.67. The summed E-state index contributed by atoms with van der Waals surface area (Å²) in [6.07, 6.45) is 1.62. The number of hydrogen-bond donors (Lipinski definition) is 2. The molecule has 0 saturated carbocycles. The van der Waals surface area contributed by atoms with Crippen LogP contribution in [-0.4, -0.2) is 28.2 Å². The molecule has 2 N–H and O–H groups in total. The van der Waals surface area contributed by atoms with Crippen LogP contribution in [-0.2, 0) is 4.74 Å². The largest absolute Gasteiger partial charge is 0.477 e. The third-order valence-corrected chi connectivity index (χ3v) is 3.74. The van der Waals surface area contributed by atoms with Gasteiger partial charge in [-0.05, 0) is 12.0 Å².